The van der Waals surface area contributed by atoms with Crippen molar-refractivity contribution < 1.29 is 0 Å². The van der Waals surface area contributed by atoms with Crippen LogP contribution in [0.4, 0.5) is 0 Å². The number of hydrogen-bond donors (Lipinski definition) is 0. The van der Waals surface area contributed by atoms with Crippen LogP contribution in [0.25, 0.3) is 11.8 Å². The maximum Gasteiger partial charge on any atom is 0.0720 e. The fourth-order valence-corrected chi connectivity index (χ4v) is 2.13. The lowest BCUT2D eigenvalue weighted by Gasteiger charge is -2.06. The van der Waals surface area contributed by atoms with Crippen molar-refractivity contribution in [3.05, 3.63) is 53.4 Å². The smallest absolute Gasteiger partial charge is 0.0720 e. The minimum absolute atomic E-state index is 1.07. The van der Waals surface area contributed by atoms with Gasteiger partial charge in [-0.1, -0.05) is 23.8 Å². The first-order valence-corrected chi connectivity index (χ1v) is 5.14. The molecule has 1 aromatic carbocycles. The van der Waals surface area contributed by atoms with Gasteiger partial charge < -0.3 is 0 Å². The molecule has 0 aliphatic heterocycles. The summed E-state index contributed by atoms with van der Waals surface area (Å²) in [5, 5.41) is 4.28. The number of hydrogen-bond acceptors (Lipinski definition) is 1. The molecule has 3 rings (SSSR count). The van der Waals surface area contributed by atoms with Crippen LogP contribution in [0.1, 0.15) is 18.1 Å². The van der Waals surface area contributed by atoms with E-state index < -0.39 is 0 Å². The van der Waals surface area contributed by atoms with Crippen LogP contribution >= 0.6 is 0 Å². The number of rotatable bonds is 1. The summed E-state index contributed by atoms with van der Waals surface area (Å²) in [6.07, 6.45) is 7.12. The van der Waals surface area contributed by atoms with Gasteiger partial charge >= 0.3 is 0 Å². The number of fused-ring (bicyclic) bond motifs is 1. The van der Waals surface area contributed by atoms with Crippen molar-refractivity contribution in [2.24, 2.45) is 0 Å². The Balaban J connectivity index is 2.22. The maximum absolute atomic E-state index is 4.28. The third-order valence-electron chi connectivity index (χ3n) is 2.78. The van der Waals surface area contributed by atoms with Crippen molar-refractivity contribution >= 4 is 6.08 Å². The Hall–Kier alpha value is -1.83. The molecule has 74 valence electrons. The molecule has 2 nitrogen and oxygen atoms in total. The van der Waals surface area contributed by atoms with E-state index in [9.17, 15) is 0 Å². The Morgan fingerprint density at radius 3 is 3.00 bits per heavy atom. The van der Waals surface area contributed by atoms with Gasteiger partial charge in [0.05, 0.1) is 5.69 Å². The second-order valence-corrected chi connectivity index (χ2v) is 3.97. The molecular formula is C13H12N2. The molecular weight excluding hydrogens is 184 g/mol. The van der Waals surface area contributed by atoms with E-state index in [1.54, 1.807) is 0 Å². The predicted molar refractivity (Wildman–Crippen MR) is 60.9 cm³/mol. The van der Waals surface area contributed by atoms with Gasteiger partial charge in [-0.15, -0.1) is 0 Å². The first kappa shape index (κ1) is 8.48. The second kappa shape index (κ2) is 3.09. The molecule has 0 saturated heterocycles. The number of allylic oxidation sites excluding steroid dienone is 1. The Morgan fingerprint density at radius 2 is 2.20 bits per heavy atom. The summed E-state index contributed by atoms with van der Waals surface area (Å²) in [4.78, 5) is 0. The van der Waals surface area contributed by atoms with Gasteiger partial charge in [-0.2, -0.15) is 5.10 Å². The number of aromatic nitrogens is 2. The highest BCUT2D eigenvalue weighted by Crippen LogP contribution is 2.29. The molecule has 0 spiro atoms. The first-order chi connectivity index (χ1) is 7.34. The average Bonchev–Trinajstić information content (AvgIpc) is 2.82. The number of benzene rings is 1. The standard InChI is InChI=1S/C13H12N2/c1-10-8-11-4-2-5-13(12(11)9-10)15-7-3-6-14-15/h2-7,9H,8H2,1H3. The molecule has 0 unspecified atom stereocenters. The molecule has 0 N–H and O–H groups in total. The van der Waals surface area contributed by atoms with E-state index in [4.69, 9.17) is 0 Å². The van der Waals surface area contributed by atoms with Crippen LogP contribution in [0.3, 0.4) is 0 Å². The summed E-state index contributed by atoms with van der Waals surface area (Å²) >= 11 is 0. The lowest BCUT2D eigenvalue weighted by molar-refractivity contribution is 0.877. The predicted octanol–water partition coefficient (Wildman–Crippen LogP) is 2.83. The molecule has 0 fully saturated rings. The van der Waals surface area contributed by atoms with E-state index in [0.29, 0.717) is 0 Å². The van der Waals surface area contributed by atoms with E-state index in [-0.39, 0.29) is 0 Å². The largest absolute Gasteiger partial charge is 0.240 e. The highest BCUT2D eigenvalue weighted by molar-refractivity contribution is 5.70. The molecule has 1 aliphatic rings. The Morgan fingerprint density at radius 1 is 1.27 bits per heavy atom. The third kappa shape index (κ3) is 1.30. The normalized spacial score (nSPS) is 13.8. The Bertz CT molecular complexity index is 521. The summed E-state index contributed by atoms with van der Waals surface area (Å²) in [6.45, 7) is 2.17. The fraction of sp³-hybridized carbons (Fsp3) is 0.154. The topological polar surface area (TPSA) is 17.8 Å². The van der Waals surface area contributed by atoms with Gasteiger partial charge in [0.15, 0.2) is 0 Å². The van der Waals surface area contributed by atoms with Crippen LogP contribution in [0.5, 0.6) is 0 Å². The average molecular weight is 196 g/mol. The molecule has 0 bridgehead atoms. The summed E-state index contributed by atoms with van der Waals surface area (Å²) in [6, 6.07) is 8.35. The van der Waals surface area contributed by atoms with Crippen molar-refractivity contribution in [2.75, 3.05) is 0 Å². The van der Waals surface area contributed by atoms with Gasteiger partial charge in [-0.05, 0) is 31.0 Å². The van der Waals surface area contributed by atoms with Gasteiger partial charge in [0, 0.05) is 18.0 Å². The van der Waals surface area contributed by atoms with Crippen LogP contribution in [0.2, 0.25) is 0 Å². The third-order valence-corrected chi connectivity index (χ3v) is 2.78. The van der Waals surface area contributed by atoms with Gasteiger partial charge in [0.1, 0.15) is 0 Å². The van der Waals surface area contributed by atoms with E-state index >= 15 is 0 Å². The molecule has 0 radical (unpaired) electrons. The molecule has 15 heavy (non-hydrogen) atoms. The van der Waals surface area contributed by atoms with E-state index in [1.807, 2.05) is 23.1 Å². The minimum atomic E-state index is 1.07. The zero-order valence-electron chi connectivity index (χ0n) is 8.64. The lowest BCUT2D eigenvalue weighted by atomic mass is 10.1. The summed E-state index contributed by atoms with van der Waals surface area (Å²) in [5.74, 6) is 0. The first-order valence-electron chi connectivity index (χ1n) is 5.14. The SMILES string of the molecule is CC1=Cc2c(cccc2-n2cccn2)C1. The second-order valence-electron chi connectivity index (χ2n) is 3.97. The summed E-state index contributed by atoms with van der Waals surface area (Å²) < 4.78 is 1.92. The van der Waals surface area contributed by atoms with E-state index in [1.165, 1.54) is 22.4 Å². The molecule has 0 amide bonds. The van der Waals surface area contributed by atoms with Crippen molar-refractivity contribution in [2.45, 2.75) is 13.3 Å². The monoisotopic (exact) mass is 196 g/mol. The van der Waals surface area contributed by atoms with Crippen molar-refractivity contribution in [3.63, 3.8) is 0 Å². The summed E-state index contributed by atoms with van der Waals surface area (Å²) in [5.41, 5.74) is 5.32. The molecule has 1 aromatic heterocycles. The van der Waals surface area contributed by atoms with Crippen molar-refractivity contribution in [1.29, 1.82) is 0 Å². The van der Waals surface area contributed by atoms with Crippen molar-refractivity contribution in [1.82, 2.24) is 9.78 Å². The molecule has 2 aromatic rings. The van der Waals surface area contributed by atoms with Crippen LogP contribution in [-0.2, 0) is 6.42 Å². The van der Waals surface area contributed by atoms with E-state index in [0.717, 1.165) is 6.42 Å². The van der Waals surface area contributed by atoms with Gasteiger partial charge in [-0.3, -0.25) is 0 Å². The van der Waals surface area contributed by atoms with Gasteiger partial charge in [0.2, 0.25) is 0 Å². The number of nitrogens with zero attached hydrogens (tertiary/aromatic N) is 2. The molecule has 1 aliphatic carbocycles. The Kier molecular flexibility index (Phi) is 1.75. The highest BCUT2D eigenvalue weighted by atomic mass is 15.3. The van der Waals surface area contributed by atoms with Gasteiger partial charge in [-0.25, -0.2) is 4.68 Å². The highest BCUT2D eigenvalue weighted by Gasteiger charge is 2.13. The minimum Gasteiger partial charge on any atom is -0.240 e. The summed E-state index contributed by atoms with van der Waals surface area (Å²) in [7, 11) is 0. The molecule has 2 heteroatoms. The van der Waals surface area contributed by atoms with Gasteiger partial charge in [0.25, 0.3) is 0 Å². The van der Waals surface area contributed by atoms with Crippen molar-refractivity contribution in [3.8, 4) is 5.69 Å². The lowest BCUT2D eigenvalue weighted by Crippen LogP contribution is -1.98. The molecule has 0 atom stereocenters. The Labute approximate surface area is 88.9 Å². The van der Waals surface area contributed by atoms with Crippen LogP contribution in [0.15, 0.2) is 42.2 Å². The van der Waals surface area contributed by atoms with E-state index in [2.05, 4.69) is 36.3 Å². The zero-order chi connectivity index (χ0) is 10.3. The molecule has 0 saturated carbocycles. The van der Waals surface area contributed by atoms with Crippen LogP contribution in [-0.4, -0.2) is 9.78 Å². The quantitative estimate of drug-likeness (QED) is 0.685. The van der Waals surface area contributed by atoms with Crippen LogP contribution in [0, 0.1) is 0 Å². The fourth-order valence-electron chi connectivity index (χ4n) is 2.13. The molecule has 1 heterocycles. The zero-order valence-corrected chi connectivity index (χ0v) is 8.64. The maximum atomic E-state index is 4.28. The van der Waals surface area contributed by atoms with Crippen LogP contribution < -0.4 is 0 Å².